The first-order chi connectivity index (χ1) is 7.93. The van der Waals surface area contributed by atoms with Gasteiger partial charge in [0.25, 0.3) is 0 Å². The molecule has 0 aromatic heterocycles. The van der Waals surface area contributed by atoms with Crippen LogP contribution >= 0.6 is 0 Å². The number of carbonyl (C=O) groups is 3. The van der Waals surface area contributed by atoms with Gasteiger partial charge in [-0.3, -0.25) is 19.8 Å². The smallest absolute Gasteiger partial charge is 0.277 e. The predicted molar refractivity (Wildman–Crippen MR) is 63.1 cm³/mol. The Kier molecular flexibility index (Phi) is 4.26. The highest BCUT2D eigenvalue weighted by Crippen LogP contribution is 2.22. The first kappa shape index (κ1) is 13.7. The van der Waals surface area contributed by atoms with Gasteiger partial charge in [0.05, 0.1) is 0 Å². The van der Waals surface area contributed by atoms with Crippen LogP contribution in [0.3, 0.4) is 0 Å². The molecule has 4 amide bonds. The maximum Gasteiger partial charge on any atom is 0.331 e. The number of urea groups is 1. The Labute approximate surface area is 102 Å². The molecule has 5 heteroatoms. The van der Waals surface area contributed by atoms with E-state index in [0.29, 0.717) is 12.8 Å². The summed E-state index contributed by atoms with van der Waals surface area (Å²) in [6, 6.07) is -0.706. The molecule has 0 aliphatic carbocycles. The fraction of sp³-hybridized carbons (Fsp3) is 0.750. The van der Waals surface area contributed by atoms with Gasteiger partial charge in [-0.2, -0.15) is 0 Å². The van der Waals surface area contributed by atoms with Crippen LogP contribution < -0.4 is 5.32 Å². The van der Waals surface area contributed by atoms with Crippen molar-refractivity contribution in [1.82, 2.24) is 10.2 Å². The van der Waals surface area contributed by atoms with Crippen LogP contribution in [-0.4, -0.2) is 28.8 Å². The summed E-state index contributed by atoms with van der Waals surface area (Å²) >= 11 is 0. The molecule has 1 fully saturated rings. The van der Waals surface area contributed by atoms with Crippen molar-refractivity contribution in [3.8, 4) is 0 Å². The number of nitrogens with one attached hydrogen (secondary N) is 1. The predicted octanol–water partition coefficient (Wildman–Crippen LogP) is 1.53. The minimum atomic E-state index is -0.742. The van der Waals surface area contributed by atoms with Gasteiger partial charge in [-0.1, -0.05) is 27.7 Å². The lowest BCUT2D eigenvalue weighted by atomic mass is 9.91. The lowest BCUT2D eigenvalue weighted by Crippen LogP contribution is -2.61. The zero-order chi connectivity index (χ0) is 13.2. The normalized spacial score (nSPS) is 21.4. The highest BCUT2D eigenvalue weighted by atomic mass is 16.2. The highest BCUT2D eigenvalue weighted by molar-refractivity contribution is 6.16. The number of hydrogen-bond donors (Lipinski definition) is 1. The van der Waals surface area contributed by atoms with Crippen molar-refractivity contribution < 1.29 is 14.4 Å². The van der Waals surface area contributed by atoms with Gasteiger partial charge in [0, 0.05) is 6.04 Å². The van der Waals surface area contributed by atoms with Gasteiger partial charge in [0.15, 0.2) is 0 Å². The van der Waals surface area contributed by atoms with Crippen LogP contribution in [0.4, 0.5) is 4.79 Å². The first-order valence-electron chi connectivity index (χ1n) is 6.11. The number of imide groups is 2. The Morgan fingerprint density at radius 3 is 2.12 bits per heavy atom. The third-order valence-corrected chi connectivity index (χ3v) is 3.21. The minimum absolute atomic E-state index is 0.104. The van der Waals surface area contributed by atoms with E-state index in [9.17, 15) is 14.4 Å². The van der Waals surface area contributed by atoms with E-state index in [4.69, 9.17) is 0 Å². The summed E-state index contributed by atoms with van der Waals surface area (Å²) in [7, 11) is 0. The average molecular weight is 240 g/mol. The molecule has 17 heavy (non-hydrogen) atoms. The molecule has 1 heterocycles. The Bertz CT molecular complexity index is 335. The molecule has 1 saturated heterocycles. The van der Waals surface area contributed by atoms with E-state index in [1.54, 1.807) is 0 Å². The third kappa shape index (κ3) is 2.48. The molecule has 1 N–H and O–H groups in total. The van der Waals surface area contributed by atoms with Crippen molar-refractivity contribution in [3.05, 3.63) is 0 Å². The Balaban J connectivity index is 3.01. The van der Waals surface area contributed by atoms with Gasteiger partial charge in [-0.15, -0.1) is 0 Å². The van der Waals surface area contributed by atoms with E-state index in [0.717, 1.165) is 0 Å². The number of rotatable bonds is 4. The van der Waals surface area contributed by atoms with E-state index < -0.39 is 17.9 Å². The number of amides is 4. The molecule has 96 valence electrons. The topological polar surface area (TPSA) is 66.5 Å². The molecule has 1 aliphatic rings. The molecule has 5 nitrogen and oxygen atoms in total. The molecule has 0 aromatic carbocycles. The highest BCUT2D eigenvalue weighted by Gasteiger charge is 2.43. The van der Waals surface area contributed by atoms with E-state index in [1.165, 1.54) is 4.90 Å². The van der Waals surface area contributed by atoms with Gasteiger partial charge in [-0.25, -0.2) is 4.79 Å². The summed E-state index contributed by atoms with van der Waals surface area (Å²) < 4.78 is 0. The lowest BCUT2D eigenvalue weighted by molar-refractivity contribution is -0.146. The molecule has 1 unspecified atom stereocenters. The van der Waals surface area contributed by atoms with Crippen LogP contribution in [0.15, 0.2) is 0 Å². The molecular weight excluding hydrogens is 220 g/mol. The van der Waals surface area contributed by atoms with Gasteiger partial charge < -0.3 is 0 Å². The number of hydrogen-bond acceptors (Lipinski definition) is 3. The fourth-order valence-corrected chi connectivity index (χ4v) is 2.19. The minimum Gasteiger partial charge on any atom is -0.277 e. The lowest BCUT2D eigenvalue weighted by Gasteiger charge is -2.36. The standard InChI is InChI=1S/C12H20N2O3/c1-5-8(6-2)14-11(16)9(7(3)4)10(15)13-12(14)17/h7-9H,5-6H2,1-4H3,(H,13,15,17). The van der Waals surface area contributed by atoms with Crippen LogP contribution in [0.5, 0.6) is 0 Å². The summed E-state index contributed by atoms with van der Waals surface area (Å²) in [6.45, 7) is 7.47. The zero-order valence-electron chi connectivity index (χ0n) is 10.8. The van der Waals surface area contributed by atoms with E-state index >= 15 is 0 Å². The maximum atomic E-state index is 12.2. The molecule has 0 aromatic rings. The molecule has 1 aliphatic heterocycles. The van der Waals surface area contributed by atoms with E-state index in [1.807, 2.05) is 27.7 Å². The summed E-state index contributed by atoms with van der Waals surface area (Å²) in [5.74, 6) is -1.68. The van der Waals surface area contributed by atoms with Crippen LogP contribution in [0.2, 0.25) is 0 Å². The molecule has 1 atom stereocenters. The van der Waals surface area contributed by atoms with Gasteiger partial charge in [0.2, 0.25) is 11.8 Å². The maximum absolute atomic E-state index is 12.2. The van der Waals surface area contributed by atoms with Crippen molar-refractivity contribution in [2.45, 2.75) is 46.6 Å². The SMILES string of the molecule is CCC(CC)N1C(=O)NC(=O)C(C(C)C)C1=O. The third-order valence-electron chi connectivity index (χ3n) is 3.21. The zero-order valence-corrected chi connectivity index (χ0v) is 10.8. The average Bonchev–Trinajstić information content (AvgIpc) is 2.22. The van der Waals surface area contributed by atoms with Crippen molar-refractivity contribution in [3.63, 3.8) is 0 Å². The van der Waals surface area contributed by atoms with Gasteiger partial charge >= 0.3 is 6.03 Å². The van der Waals surface area contributed by atoms with Crippen LogP contribution in [0.1, 0.15) is 40.5 Å². The van der Waals surface area contributed by atoms with E-state index in [2.05, 4.69) is 5.32 Å². The molecule has 1 rings (SSSR count). The van der Waals surface area contributed by atoms with Crippen molar-refractivity contribution in [1.29, 1.82) is 0 Å². The van der Waals surface area contributed by atoms with Gasteiger partial charge in [-0.05, 0) is 18.8 Å². The van der Waals surface area contributed by atoms with Gasteiger partial charge in [0.1, 0.15) is 5.92 Å². The number of carbonyl (C=O) groups excluding carboxylic acids is 3. The summed E-state index contributed by atoms with van der Waals surface area (Å²) in [6.07, 6.45) is 1.41. The fourth-order valence-electron chi connectivity index (χ4n) is 2.19. The van der Waals surface area contributed by atoms with Crippen molar-refractivity contribution >= 4 is 17.8 Å². The first-order valence-corrected chi connectivity index (χ1v) is 6.11. The summed E-state index contributed by atoms with van der Waals surface area (Å²) in [5, 5.41) is 2.27. The van der Waals surface area contributed by atoms with Crippen LogP contribution in [-0.2, 0) is 9.59 Å². The molecule has 0 spiro atoms. The monoisotopic (exact) mass is 240 g/mol. The second kappa shape index (κ2) is 5.29. The Morgan fingerprint density at radius 2 is 1.71 bits per heavy atom. The molecular formula is C12H20N2O3. The van der Waals surface area contributed by atoms with Crippen LogP contribution in [0, 0.1) is 11.8 Å². The van der Waals surface area contributed by atoms with Crippen LogP contribution in [0.25, 0.3) is 0 Å². The van der Waals surface area contributed by atoms with Crippen molar-refractivity contribution in [2.75, 3.05) is 0 Å². The number of nitrogens with zero attached hydrogens (tertiary/aromatic N) is 1. The molecule has 0 saturated carbocycles. The molecule has 0 bridgehead atoms. The second-order valence-corrected chi connectivity index (χ2v) is 4.69. The second-order valence-electron chi connectivity index (χ2n) is 4.69. The Hall–Kier alpha value is -1.39. The molecule has 0 radical (unpaired) electrons. The largest absolute Gasteiger partial charge is 0.331 e. The van der Waals surface area contributed by atoms with E-state index in [-0.39, 0.29) is 17.9 Å². The Morgan fingerprint density at radius 1 is 1.18 bits per heavy atom. The number of barbiturate groups is 1. The summed E-state index contributed by atoms with van der Waals surface area (Å²) in [4.78, 5) is 36.7. The summed E-state index contributed by atoms with van der Waals surface area (Å²) in [5.41, 5.74) is 0. The quantitative estimate of drug-likeness (QED) is 0.758. The van der Waals surface area contributed by atoms with Crippen molar-refractivity contribution in [2.24, 2.45) is 11.8 Å².